The van der Waals surface area contributed by atoms with Crippen LogP contribution in [0, 0.1) is 0 Å². The molecule has 5 atom stereocenters. The topological polar surface area (TPSA) is 90.5 Å². The first-order valence-corrected chi connectivity index (χ1v) is 12.3. The van der Waals surface area contributed by atoms with Gasteiger partial charge in [-0.25, -0.2) is 0 Å². The molecule has 0 unspecified atom stereocenters. The lowest BCUT2D eigenvalue weighted by Crippen LogP contribution is -2.56. The number of rotatable bonds is 5. The fraction of sp³-hybridized carbons (Fsp3) is 0.609. The van der Waals surface area contributed by atoms with Crippen molar-refractivity contribution in [3.05, 3.63) is 35.4 Å². The van der Waals surface area contributed by atoms with Crippen molar-refractivity contribution in [3.63, 3.8) is 0 Å². The number of fused-ring (bicyclic) bond motifs is 2. The first-order valence-electron chi connectivity index (χ1n) is 11.3. The summed E-state index contributed by atoms with van der Waals surface area (Å²) in [4.78, 5) is 40.8. The minimum atomic E-state index is -0.579. The second-order valence-corrected chi connectivity index (χ2v) is 9.96. The molecule has 2 heterocycles. The summed E-state index contributed by atoms with van der Waals surface area (Å²) < 4.78 is 0. The molecule has 0 aromatic heterocycles. The number of carbonyl (C=O) groups excluding carboxylic acids is 3. The van der Waals surface area contributed by atoms with Gasteiger partial charge in [-0.15, -0.1) is 11.8 Å². The summed E-state index contributed by atoms with van der Waals surface area (Å²) in [6, 6.07) is 6.86. The van der Waals surface area contributed by atoms with Crippen LogP contribution in [0.1, 0.15) is 56.2 Å². The van der Waals surface area contributed by atoms with E-state index >= 15 is 0 Å². The molecule has 2 aliphatic heterocycles. The number of carbonyl (C=O) groups is 3. The largest absolute Gasteiger partial charge is 0.347 e. The lowest BCUT2D eigenvalue weighted by atomic mass is 9.87. The number of amides is 3. The lowest BCUT2D eigenvalue weighted by Gasteiger charge is -2.32. The number of nitrogens with zero attached hydrogens (tertiary/aromatic N) is 1. The molecular formula is C23H32N4O3S. The summed E-state index contributed by atoms with van der Waals surface area (Å²) in [5.74, 6) is 0.390. The third-order valence-electron chi connectivity index (χ3n) is 6.73. The van der Waals surface area contributed by atoms with E-state index in [9.17, 15) is 14.4 Å². The van der Waals surface area contributed by atoms with Crippen LogP contribution in [0.15, 0.2) is 24.3 Å². The molecule has 3 amide bonds. The Bertz CT molecular complexity index is 848. The SMILES string of the molecule is CN[C@@H](C)C(=O)N[C@H]1CCS[C@H]2CC[C@@H](C(=O)N[C@@H]3CCCc4ccccc43)N2C1=O. The maximum Gasteiger partial charge on any atom is 0.246 e. The lowest BCUT2D eigenvalue weighted by molar-refractivity contribution is -0.142. The minimum Gasteiger partial charge on any atom is -0.347 e. The van der Waals surface area contributed by atoms with Crippen molar-refractivity contribution in [3.8, 4) is 0 Å². The minimum absolute atomic E-state index is 0.00166. The molecule has 1 aromatic rings. The first-order chi connectivity index (χ1) is 15.0. The molecule has 7 nitrogen and oxygen atoms in total. The zero-order valence-electron chi connectivity index (χ0n) is 18.2. The van der Waals surface area contributed by atoms with Crippen LogP contribution in [-0.2, 0) is 20.8 Å². The monoisotopic (exact) mass is 444 g/mol. The van der Waals surface area contributed by atoms with Crippen molar-refractivity contribution in [2.75, 3.05) is 12.8 Å². The van der Waals surface area contributed by atoms with Gasteiger partial charge >= 0.3 is 0 Å². The Kier molecular flexibility index (Phi) is 6.86. The highest BCUT2D eigenvalue weighted by atomic mass is 32.2. The first kappa shape index (κ1) is 22.1. The van der Waals surface area contributed by atoms with Crippen LogP contribution in [0.2, 0.25) is 0 Å². The van der Waals surface area contributed by atoms with Gasteiger partial charge in [-0.05, 0) is 69.4 Å². The summed E-state index contributed by atoms with van der Waals surface area (Å²) in [6.07, 6.45) is 5.07. The van der Waals surface area contributed by atoms with Crippen molar-refractivity contribution in [1.82, 2.24) is 20.9 Å². The van der Waals surface area contributed by atoms with Crippen LogP contribution < -0.4 is 16.0 Å². The summed E-state index contributed by atoms with van der Waals surface area (Å²) in [6.45, 7) is 1.77. The highest BCUT2D eigenvalue weighted by Crippen LogP contribution is 2.37. The van der Waals surface area contributed by atoms with E-state index in [1.165, 1.54) is 11.1 Å². The number of benzene rings is 1. The van der Waals surface area contributed by atoms with Crippen LogP contribution in [0.25, 0.3) is 0 Å². The second kappa shape index (κ2) is 9.61. The number of hydrogen-bond donors (Lipinski definition) is 3. The Balaban J connectivity index is 1.47. The Morgan fingerprint density at radius 1 is 1.10 bits per heavy atom. The standard InChI is InChI=1S/C23H32N4O3S/c1-14(24-2)21(28)26-18-12-13-31-20-11-10-19(27(20)23(18)30)22(29)25-17-9-5-7-15-6-3-4-8-16(15)17/h3-4,6,8,14,17-20,24H,5,7,9-13H2,1-2H3,(H,25,29)(H,26,28)/t14-,17+,18-,19-,20-/m0/s1. The molecule has 2 fully saturated rings. The Hall–Kier alpha value is -2.06. The molecule has 1 aromatic carbocycles. The number of thioether (sulfide) groups is 1. The third-order valence-corrected chi connectivity index (χ3v) is 8.05. The van der Waals surface area contributed by atoms with E-state index < -0.39 is 12.1 Å². The van der Waals surface area contributed by atoms with Gasteiger partial charge in [-0.2, -0.15) is 0 Å². The van der Waals surface area contributed by atoms with Gasteiger partial charge in [0.05, 0.1) is 17.5 Å². The molecule has 168 valence electrons. The Labute approximate surface area is 188 Å². The summed E-state index contributed by atoms with van der Waals surface area (Å²) in [7, 11) is 1.72. The predicted molar refractivity (Wildman–Crippen MR) is 121 cm³/mol. The Morgan fingerprint density at radius 3 is 2.71 bits per heavy atom. The summed E-state index contributed by atoms with van der Waals surface area (Å²) in [5, 5.41) is 9.03. The predicted octanol–water partition coefficient (Wildman–Crippen LogP) is 1.73. The molecule has 31 heavy (non-hydrogen) atoms. The highest BCUT2D eigenvalue weighted by Gasteiger charge is 2.45. The normalized spacial score (nSPS) is 28.8. The van der Waals surface area contributed by atoms with Crippen molar-refractivity contribution >= 4 is 29.5 Å². The maximum atomic E-state index is 13.4. The molecule has 4 rings (SSSR count). The molecule has 3 N–H and O–H groups in total. The Morgan fingerprint density at radius 2 is 1.90 bits per heavy atom. The van der Waals surface area contributed by atoms with Crippen molar-refractivity contribution < 1.29 is 14.4 Å². The van der Waals surface area contributed by atoms with Gasteiger partial charge < -0.3 is 20.9 Å². The number of hydrogen-bond acceptors (Lipinski definition) is 5. The van der Waals surface area contributed by atoms with Crippen LogP contribution in [0.5, 0.6) is 0 Å². The number of aryl methyl sites for hydroxylation is 1. The molecule has 1 aliphatic carbocycles. The van der Waals surface area contributed by atoms with E-state index in [-0.39, 0.29) is 35.2 Å². The molecular weight excluding hydrogens is 412 g/mol. The highest BCUT2D eigenvalue weighted by molar-refractivity contribution is 7.99. The molecule has 3 aliphatic rings. The second-order valence-electron chi connectivity index (χ2n) is 8.68. The smallest absolute Gasteiger partial charge is 0.246 e. The van der Waals surface area contributed by atoms with Gasteiger partial charge in [0, 0.05) is 0 Å². The van der Waals surface area contributed by atoms with Crippen LogP contribution in [-0.4, -0.2) is 58.9 Å². The zero-order valence-corrected chi connectivity index (χ0v) is 19.0. The van der Waals surface area contributed by atoms with Gasteiger partial charge in [0.15, 0.2) is 0 Å². The molecule has 0 saturated carbocycles. The van der Waals surface area contributed by atoms with Crippen LogP contribution >= 0.6 is 11.8 Å². The number of nitrogens with one attached hydrogen (secondary N) is 3. The summed E-state index contributed by atoms with van der Waals surface area (Å²) in [5.41, 5.74) is 2.49. The fourth-order valence-electron chi connectivity index (χ4n) is 4.85. The molecule has 2 saturated heterocycles. The maximum absolute atomic E-state index is 13.4. The van der Waals surface area contributed by atoms with E-state index in [0.717, 1.165) is 31.4 Å². The van der Waals surface area contributed by atoms with Crippen LogP contribution in [0.4, 0.5) is 0 Å². The van der Waals surface area contributed by atoms with Gasteiger partial charge in [0.2, 0.25) is 17.7 Å². The molecule has 0 bridgehead atoms. The van der Waals surface area contributed by atoms with E-state index in [0.29, 0.717) is 12.8 Å². The van der Waals surface area contributed by atoms with Gasteiger partial charge in [0.25, 0.3) is 0 Å². The molecule has 0 spiro atoms. The van der Waals surface area contributed by atoms with E-state index in [1.807, 2.05) is 12.1 Å². The van der Waals surface area contributed by atoms with E-state index in [1.54, 1.807) is 30.6 Å². The van der Waals surface area contributed by atoms with Crippen LogP contribution in [0.3, 0.4) is 0 Å². The summed E-state index contributed by atoms with van der Waals surface area (Å²) >= 11 is 1.72. The van der Waals surface area contributed by atoms with E-state index in [2.05, 4.69) is 28.1 Å². The van der Waals surface area contributed by atoms with Crippen molar-refractivity contribution in [2.45, 2.75) is 75.0 Å². The average molecular weight is 445 g/mol. The van der Waals surface area contributed by atoms with Gasteiger partial charge in [-0.3, -0.25) is 14.4 Å². The third kappa shape index (κ3) is 4.60. The zero-order chi connectivity index (χ0) is 22.0. The van der Waals surface area contributed by atoms with Gasteiger partial charge in [-0.1, -0.05) is 24.3 Å². The quantitative estimate of drug-likeness (QED) is 0.644. The molecule has 8 heteroatoms. The number of likely N-dealkylation sites (N-methyl/N-ethyl adjacent to an activating group) is 1. The van der Waals surface area contributed by atoms with Crippen molar-refractivity contribution in [1.29, 1.82) is 0 Å². The van der Waals surface area contributed by atoms with Gasteiger partial charge in [0.1, 0.15) is 12.1 Å². The molecule has 0 radical (unpaired) electrons. The van der Waals surface area contributed by atoms with E-state index in [4.69, 9.17) is 0 Å². The average Bonchev–Trinajstić information content (AvgIpc) is 3.15. The fourth-order valence-corrected chi connectivity index (χ4v) is 6.21. The van der Waals surface area contributed by atoms with Crippen molar-refractivity contribution in [2.24, 2.45) is 0 Å².